The number of hydrogen-bond acceptors (Lipinski definition) is 4. The second-order valence-electron chi connectivity index (χ2n) is 4.62. The molecule has 19 heavy (non-hydrogen) atoms. The average molecular weight is 261 g/mol. The number of benzene rings is 1. The van der Waals surface area contributed by atoms with E-state index in [1.54, 1.807) is 22.9 Å². The molecule has 0 saturated carbocycles. The Kier molecular flexibility index (Phi) is 4.06. The molecule has 0 aliphatic carbocycles. The van der Waals surface area contributed by atoms with Gasteiger partial charge in [0.05, 0.1) is 11.3 Å². The first-order chi connectivity index (χ1) is 9.08. The fraction of sp³-hybridized carbons (Fsp3) is 0.357. The third-order valence-corrected chi connectivity index (χ3v) is 3.09. The van der Waals surface area contributed by atoms with Crippen LogP contribution in [0.3, 0.4) is 0 Å². The smallest absolute Gasteiger partial charge is 0.124 e. The summed E-state index contributed by atoms with van der Waals surface area (Å²) in [6.45, 7) is 2.64. The lowest BCUT2D eigenvalue weighted by molar-refractivity contribution is 0.419. The number of aromatic hydroxyl groups is 2. The van der Waals surface area contributed by atoms with Crippen molar-refractivity contribution >= 4 is 0 Å². The van der Waals surface area contributed by atoms with Crippen molar-refractivity contribution in [2.45, 2.75) is 19.4 Å². The van der Waals surface area contributed by atoms with Gasteiger partial charge < -0.3 is 15.5 Å². The van der Waals surface area contributed by atoms with E-state index in [9.17, 15) is 10.2 Å². The number of rotatable bonds is 5. The molecule has 0 aliphatic heterocycles. The van der Waals surface area contributed by atoms with E-state index in [0.717, 1.165) is 18.7 Å². The number of phenolic OH excluding ortho intramolecular Hbond substituents is 2. The molecule has 1 unspecified atom stereocenters. The Hall–Kier alpha value is -2.01. The highest BCUT2D eigenvalue weighted by Crippen LogP contribution is 2.31. The maximum absolute atomic E-state index is 9.77. The first kappa shape index (κ1) is 13.4. The molecule has 0 radical (unpaired) electrons. The van der Waals surface area contributed by atoms with E-state index in [0.29, 0.717) is 5.56 Å². The van der Waals surface area contributed by atoms with Crippen LogP contribution in [-0.2, 0) is 13.5 Å². The predicted octanol–water partition coefficient (Wildman–Crippen LogP) is 1.72. The molecule has 1 heterocycles. The maximum atomic E-state index is 9.77. The van der Waals surface area contributed by atoms with Crippen LogP contribution in [0, 0.1) is 0 Å². The number of phenols is 2. The van der Waals surface area contributed by atoms with Crippen LogP contribution in [0.1, 0.15) is 24.2 Å². The highest BCUT2D eigenvalue weighted by Gasteiger charge is 2.14. The molecule has 0 aliphatic rings. The lowest BCUT2D eigenvalue weighted by atomic mass is 10.1. The standard InChI is InChI=1S/C14H19N3O2/c1-10(14-12(18)4-3-5-13(14)19)15-8-6-11-7-9-17(2)16-11/h3-5,7,9-10,15,18-19H,6,8H2,1-2H3. The summed E-state index contributed by atoms with van der Waals surface area (Å²) in [4.78, 5) is 0. The molecule has 102 valence electrons. The van der Waals surface area contributed by atoms with Gasteiger partial charge in [-0.3, -0.25) is 4.68 Å². The third-order valence-electron chi connectivity index (χ3n) is 3.09. The molecule has 3 N–H and O–H groups in total. The summed E-state index contributed by atoms with van der Waals surface area (Å²) in [5, 5.41) is 27.1. The molecule has 2 aromatic rings. The number of nitrogens with one attached hydrogen (secondary N) is 1. The summed E-state index contributed by atoms with van der Waals surface area (Å²) < 4.78 is 1.77. The summed E-state index contributed by atoms with van der Waals surface area (Å²) in [6, 6.07) is 6.63. The minimum Gasteiger partial charge on any atom is -0.507 e. The minimum absolute atomic E-state index is 0.109. The predicted molar refractivity (Wildman–Crippen MR) is 73.1 cm³/mol. The van der Waals surface area contributed by atoms with E-state index < -0.39 is 0 Å². The Morgan fingerprint density at radius 2 is 1.95 bits per heavy atom. The van der Waals surface area contributed by atoms with Gasteiger partial charge in [0.25, 0.3) is 0 Å². The zero-order valence-corrected chi connectivity index (χ0v) is 11.2. The topological polar surface area (TPSA) is 70.3 Å². The zero-order chi connectivity index (χ0) is 13.8. The molecular weight excluding hydrogens is 242 g/mol. The Morgan fingerprint density at radius 1 is 1.26 bits per heavy atom. The minimum atomic E-state index is -0.120. The summed E-state index contributed by atoms with van der Waals surface area (Å²) in [6.07, 6.45) is 2.72. The Balaban J connectivity index is 1.92. The van der Waals surface area contributed by atoms with E-state index in [2.05, 4.69) is 10.4 Å². The summed E-state index contributed by atoms with van der Waals surface area (Å²) in [7, 11) is 1.89. The van der Waals surface area contributed by atoms with Gasteiger partial charge >= 0.3 is 0 Å². The van der Waals surface area contributed by atoms with Crippen LogP contribution in [0.5, 0.6) is 11.5 Å². The second kappa shape index (κ2) is 5.75. The number of aromatic nitrogens is 2. The molecule has 1 atom stereocenters. The SMILES string of the molecule is CC(NCCc1ccn(C)n1)c1c(O)cccc1O. The van der Waals surface area contributed by atoms with Crippen LogP contribution in [0.15, 0.2) is 30.5 Å². The van der Waals surface area contributed by atoms with E-state index in [1.165, 1.54) is 0 Å². The van der Waals surface area contributed by atoms with Gasteiger partial charge in [-0.1, -0.05) is 6.07 Å². The molecule has 1 aromatic heterocycles. The normalized spacial score (nSPS) is 12.5. The fourth-order valence-corrected chi connectivity index (χ4v) is 2.10. The quantitative estimate of drug-likeness (QED) is 0.766. The van der Waals surface area contributed by atoms with E-state index in [-0.39, 0.29) is 17.5 Å². The first-order valence-electron chi connectivity index (χ1n) is 6.30. The summed E-state index contributed by atoms with van der Waals surface area (Å²) >= 11 is 0. The lowest BCUT2D eigenvalue weighted by Crippen LogP contribution is -2.21. The van der Waals surface area contributed by atoms with E-state index in [1.807, 2.05) is 26.2 Å². The second-order valence-corrected chi connectivity index (χ2v) is 4.62. The van der Waals surface area contributed by atoms with Gasteiger partial charge in [-0.25, -0.2) is 0 Å². The van der Waals surface area contributed by atoms with Crippen molar-refractivity contribution in [3.05, 3.63) is 41.7 Å². The molecule has 5 heteroatoms. The van der Waals surface area contributed by atoms with Crippen LogP contribution in [0.2, 0.25) is 0 Å². The first-order valence-corrected chi connectivity index (χ1v) is 6.30. The number of hydrogen-bond donors (Lipinski definition) is 3. The fourth-order valence-electron chi connectivity index (χ4n) is 2.10. The van der Waals surface area contributed by atoms with Gasteiger partial charge in [0.15, 0.2) is 0 Å². The average Bonchev–Trinajstić information content (AvgIpc) is 2.75. The Morgan fingerprint density at radius 3 is 2.53 bits per heavy atom. The summed E-state index contributed by atoms with van der Waals surface area (Å²) in [5.41, 5.74) is 1.55. The highest BCUT2D eigenvalue weighted by atomic mass is 16.3. The van der Waals surface area contributed by atoms with Gasteiger partial charge in [0.2, 0.25) is 0 Å². The van der Waals surface area contributed by atoms with E-state index in [4.69, 9.17) is 0 Å². The van der Waals surface area contributed by atoms with Gasteiger partial charge in [0, 0.05) is 32.3 Å². The van der Waals surface area contributed by atoms with Crippen LogP contribution < -0.4 is 5.32 Å². The Labute approximate surface area is 112 Å². The summed E-state index contributed by atoms with van der Waals surface area (Å²) in [5.74, 6) is 0.218. The lowest BCUT2D eigenvalue weighted by Gasteiger charge is -2.16. The molecule has 0 bridgehead atoms. The monoisotopic (exact) mass is 261 g/mol. The zero-order valence-electron chi connectivity index (χ0n) is 11.2. The molecule has 0 saturated heterocycles. The molecule has 0 spiro atoms. The van der Waals surface area contributed by atoms with Crippen molar-refractivity contribution in [3.8, 4) is 11.5 Å². The molecule has 1 aromatic carbocycles. The van der Waals surface area contributed by atoms with Crippen LogP contribution >= 0.6 is 0 Å². The van der Waals surface area contributed by atoms with Gasteiger partial charge in [-0.05, 0) is 25.1 Å². The third kappa shape index (κ3) is 3.26. The van der Waals surface area contributed by atoms with Gasteiger partial charge in [0.1, 0.15) is 11.5 Å². The van der Waals surface area contributed by atoms with Crippen LogP contribution in [0.25, 0.3) is 0 Å². The molecule has 5 nitrogen and oxygen atoms in total. The van der Waals surface area contributed by atoms with Crippen molar-refractivity contribution in [2.24, 2.45) is 7.05 Å². The van der Waals surface area contributed by atoms with Gasteiger partial charge in [-0.15, -0.1) is 0 Å². The van der Waals surface area contributed by atoms with Crippen molar-refractivity contribution in [3.63, 3.8) is 0 Å². The molecule has 0 amide bonds. The van der Waals surface area contributed by atoms with Crippen molar-refractivity contribution in [1.82, 2.24) is 15.1 Å². The van der Waals surface area contributed by atoms with Crippen LogP contribution in [-0.4, -0.2) is 26.5 Å². The van der Waals surface area contributed by atoms with E-state index >= 15 is 0 Å². The van der Waals surface area contributed by atoms with Gasteiger partial charge in [-0.2, -0.15) is 5.10 Å². The van der Waals surface area contributed by atoms with Crippen molar-refractivity contribution in [1.29, 1.82) is 0 Å². The highest BCUT2D eigenvalue weighted by molar-refractivity contribution is 5.44. The van der Waals surface area contributed by atoms with Crippen LogP contribution in [0.4, 0.5) is 0 Å². The molecule has 2 rings (SSSR count). The number of aryl methyl sites for hydroxylation is 1. The molecule has 0 fully saturated rings. The number of nitrogens with zero attached hydrogens (tertiary/aromatic N) is 2. The maximum Gasteiger partial charge on any atom is 0.124 e. The van der Waals surface area contributed by atoms with Crippen molar-refractivity contribution in [2.75, 3.05) is 6.54 Å². The molecular formula is C14H19N3O2. The Bertz CT molecular complexity index is 531. The van der Waals surface area contributed by atoms with Crippen molar-refractivity contribution < 1.29 is 10.2 Å². The largest absolute Gasteiger partial charge is 0.507 e.